The number of aryl methyl sites for hydroxylation is 1. The summed E-state index contributed by atoms with van der Waals surface area (Å²) in [5.74, 6) is -51.4. The number of hydrogen-bond donors (Lipinski definition) is 0. The normalized spacial score (nSPS) is 15.1. The van der Waals surface area contributed by atoms with Crippen LogP contribution in [0.1, 0.15) is 5.89 Å². The molecule has 0 N–H and O–H groups in total. The Morgan fingerprint density at radius 3 is 1.65 bits per heavy atom. The molecule has 0 saturated carbocycles. The Bertz CT molecular complexity index is 1040. The van der Waals surface area contributed by atoms with Crippen molar-refractivity contribution in [3.05, 3.63) is 30.4 Å². The van der Waals surface area contributed by atoms with E-state index in [1.165, 1.54) is 23.9 Å². The molecular weight excluding hydrogens is 523 g/mol. The van der Waals surface area contributed by atoms with Gasteiger partial charge >= 0.3 is 47.6 Å². The molecule has 0 saturated heterocycles. The largest absolute Gasteiger partial charge is 0.460 e. The fraction of sp³-hybridized carbons (Fsp3) is 0.533. The van der Waals surface area contributed by atoms with Crippen molar-refractivity contribution in [2.75, 3.05) is 0 Å². The Morgan fingerprint density at radius 1 is 0.706 bits per heavy atom. The standard InChI is InChI=1S/C15H7F15N3O/c1-33-4-2-3-6(5-33)7-31-8(34-32-7)9(16,17)10(18,19)11(20,21)12(22,23)13(24,25)14(26,27)15(28,29)30/h2-5H,1H3/q+1. The maximum absolute atomic E-state index is 14.1. The molecule has 0 aliphatic rings. The third kappa shape index (κ3) is 3.62. The molecule has 0 fully saturated rings. The van der Waals surface area contributed by atoms with E-state index in [9.17, 15) is 65.9 Å². The van der Waals surface area contributed by atoms with Gasteiger partial charge in [0, 0.05) is 6.07 Å². The molecule has 0 atom stereocenters. The lowest BCUT2D eigenvalue weighted by Gasteiger charge is -2.40. The van der Waals surface area contributed by atoms with Gasteiger partial charge in [0.1, 0.15) is 7.05 Å². The molecule has 2 aromatic rings. The lowest BCUT2D eigenvalue weighted by Crippen LogP contribution is -2.72. The maximum atomic E-state index is 14.1. The fourth-order valence-electron chi connectivity index (χ4n) is 2.29. The predicted molar refractivity (Wildman–Crippen MR) is 75.6 cm³/mol. The minimum atomic E-state index is -8.39. The molecule has 4 nitrogen and oxygen atoms in total. The smallest absolute Gasteiger partial charge is 0.332 e. The van der Waals surface area contributed by atoms with Crippen molar-refractivity contribution in [1.29, 1.82) is 0 Å². The summed E-state index contributed by atoms with van der Waals surface area (Å²) in [6, 6.07) is 2.24. The van der Waals surface area contributed by atoms with Crippen LogP contribution in [-0.4, -0.2) is 45.9 Å². The van der Waals surface area contributed by atoms with Crippen LogP contribution < -0.4 is 4.57 Å². The van der Waals surface area contributed by atoms with Crippen molar-refractivity contribution in [2.45, 2.75) is 41.7 Å². The highest BCUT2D eigenvalue weighted by molar-refractivity contribution is 5.51. The second-order valence-electron chi connectivity index (χ2n) is 6.63. The van der Waals surface area contributed by atoms with Gasteiger partial charge < -0.3 is 4.52 Å². The Morgan fingerprint density at radius 2 is 1.18 bits per heavy atom. The van der Waals surface area contributed by atoms with E-state index in [1.54, 1.807) is 0 Å². The molecule has 0 radical (unpaired) electrons. The molecule has 0 amide bonds. The summed E-state index contributed by atoms with van der Waals surface area (Å²) in [6.45, 7) is 0. The van der Waals surface area contributed by atoms with Crippen LogP contribution in [0.25, 0.3) is 11.4 Å². The van der Waals surface area contributed by atoms with Gasteiger partial charge in [0.15, 0.2) is 12.4 Å². The lowest BCUT2D eigenvalue weighted by atomic mass is 9.91. The highest BCUT2D eigenvalue weighted by Crippen LogP contribution is 2.63. The number of aromatic nitrogens is 3. The van der Waals surface area contributed by atoms with E-state index in [0.29, 0.717) is 0 Å². The maximum Gasteiger partial charge on any atom is 0.460 e. The van der Waals surface area contributed by atoms with Gasteiger partial charge in [0.05, 0.1) is 5.56 Å². The highest BCUT2D eigenvalue weighted by atomic mass is 19.4. The zero-order valence-electron chi connectivity index (χ0n) is 15.7. The van der Waals surface area contributed by atoms with Crippen molar-refractivity contribution < 1.29 is 74.9 Å². The van der Waals surface area contributed by atoms with E-state index < -0.39 is 53.4 Å². The van der Waals surface area contributed by atoms with Crippen molar-refractivity contribution >= 4 is 0 Å². The van der Waals surface area contributed by atoms with Crippen molar-refractivity contribution in [1.82, 2.24) is 10.1 Å². The van der Waals surface area contributed by atoms with Crippen LogP contribution in [0.2, 0.25) is 0 Å². The van der Waals surface area contributed by atoms with E-state index in [2.05, 4.69) is 14.7 Å². The third-order valence-electron chi connectivity index (χ3n) is 4.22. The quantitative estimate of drug-likeness (QED) is 0.356. The number of rotatable bonds is 7. The summed E-state index contributed by atoms with van der Waals surface area (Å²) in [7, 11) is 1.34. The molecule has 0 bridgehead atoms. The minimum Gasteiger partial charge on any atom is -0.332 e. The first-order valence-corrected chi connectivity index (χ1v) is 8.10. The molecule has 0 aliphatic carbocycles. The predicted octanol–water partition coefficient (Wildman–Crippen LogP) is 5.39. The number of hydrogen-bond acceptors (Lipinski definition) is 3. The number of alkyl halides is 15. The molecule has 19 heteroatoms. The zero-order valence-corrected chi connectivity index (χ0v) is 15.7. The summed E-state index contributed by atoms with van der Waals surface area (Å²) in [5, 5.41) is 2.71. The van der Waals surface area contributed by atoms with Crippen LogP contribution in [0.15, 0.2) is 29.0 Å². The zero-order chi connectivity index (χ0) is 26.8. The molecule has 2 aromatic heterocycles. The van der Waals surface area contributed by atoms with Gasteiger partial charge in [0.25, 0.3) is 0 Å². The summed E-state index contributed by atoms with van der Waals surface area (Å²) in [4.78, 5) is 2.59. The fourth-order valence-corrected chi connectivity index (χ4v) is 2.29. The minimum absolute atomic E-state index is 0.299. The van der Waals surface area contributed by atoms with Crippen LogP contribution in [-0.2, 0) is 13.0 Å². The SMILES string of the molecule is C[n+]1cccc(-c2noc(C(F)(F)C(F)(F)C(F)(F)C(F)(F)C(F)(F)C(F)(F)C(F)(F)F)n2)c1. The Kier molecular flexibility index (Phi) is 6.16. The summed E-state index contributed by atoms with van der Waals surface area (Å²) in [5.41, 5.74) is -0.299. The molecule has 0 unspecified atom stereocenters. The van der Waals surface area contributed by atoms with Crippen molar-refractivity contribution in [3.63, 3.8) is 0 Å². The molecule has 192 valence electrons. The van der Waals surface area contributed by atoms with E-state index in [-0.39, 0.29) is 5.56 Å². The van der Waals surface area contributed by atoms with Crippen LogP contribution >= 0.6 is 0 Å². The summed E-state index contributed by atoms with van der Waals surface area (Å²) >= 11 is 0. The Balaban J connectivity index is 2.58. The second kappa shape index (κ2) is 7.62. The van der Waals surface area contributed by atoms with Gasteiger partial charge in [0.2, 0.25) is 5.82 Å². The number of nitrogens with zero attached hydrogens (tertiary/aromatic N) is 3. The first-order chi connectivity index (χ1) is 15.0. The number of pyridine rings is 1. The van der Waals surface area contributed by atoms with Gasteiger partial charge in [-0.3, -0.25) is 0 Å². The average Bonchev–Trinajstić information content (AvgIpc) is 3.17. The van der Waals surface area contributed by atoms with Crippen molar-refractivity contribution in [2.24, 2.45) is 7.05 Å². The van der Waals surface area contributed by atoms with Crippen LogP contribution in [0.4, 0.5) is 65.9 Å². The van der Waals surface area contributed by atoms with Gasteiger partial charge in [-0.05, 0) is 6.07 Å². The third-order valence-corrected chi connectivity index (χ3v) is 4.22. The summed E-state index contributed by atoms with van der Waals surface area (Å²) in [6.07, 6.45) is -5.29. The van der Waals surface area contributed by atoms with Gasteiger partial charge in [-0.2, -0.15) is 70.8 Å². The summed E-state index contributed by atoms with van der Waals surface area (Å²) < 4.78 is 203. The van der Waals surface area contributed by atoms with Crippen LogP contribution in [0.5, 0.6) is 0 Å². The molecule has 0 aliphatic heterocycles. The van der Waals surface area contributed by atoms with Crippen LogP contribution in [0.3, 0.4) is 0 Å². The van der Waals surface area contributed by atoms with Gasteiger partial charge in [-0.15, -0.1) is 0 Å². The molecule has 0 spiro atoms. The Hall–Kier alpha value is -2.76. The van der Waals surface area contributed by atoms with Crippen LogP contribution in [0, 0.1) is 0 Å². The molecule has 34 heavy (non-hydrogen) atoms. The highest BCUT2D eigenvalue weighted by Gasteiger charge is 2.94. The average molecular weight is 530 g/mol. The topological polar surface area (TPSA) is 42.8 Å². The molecule has 2 heterocycles. The van der Waals surface area contributed by atoms with E-state index in [0.717, 1.165) is 12.3 Å². The molecule has 2 rings (SSSR count). The first-order valence-electron chi connectivity index (χ1n) is 8.10. The van der Waals surface area contributed by atoms with Gasteiger partial charge in [-0.1, -0.05) is 5.16 Å². The van der Waals surface area contributed by atoms with E-state index in [1.807, 2.05) is 0 Å². The van der Waals surface area contributed by atoms with Gasteiger partial charge in [-0.25, -0.2) is 4.57 Å². The van der Waals surface area contributed by atoms with E-state index in [4.69, 9.17) is 0 Å². The Labute approximate surface area is 177 Å². The number of halogens is 15. The second-order valence-corrected chi connectivity index (χ2v) is 6.63. The lowest BCUT2D eigenvalue weighted by molar-refractivity contribution is -0.671. The monoisotopic (exact) mass is 530 g/mol. The first kappa shape index (κ1) is 27.5. The molecular formula is C15H7F15N3O+. The van der Waals surface area contributed by atoms with E-state index >= 15 is 0 Å². The molecule has 0 aromatic carbocycles. The van der Waals surface area contributed by atoms with Crippen molar-refractivity contribution in [3.8, 4) is 11.4 Å².